The van der Waals surface area contributed by atoms with Crippen molar-refractivity contribution in [2.45, 2.75) is 62.5 Å². The monoisotopic (exact) mass is 1140 g/mol. The summed E-state index contributed by atoms with van der Waals surface area (Å²) in [6.45, 7) is -1.69. The van der Waals surface area contributed by atoms with Gasteiger partial charge in [0.1, 0.15) is 37.2 Å². The third-order valence-electron chi connectivity index (χ3n) is 13.0. The van der Waals surface area contributed by atoms with E-state index in [9.17, 15) is 53.3 Å². The zero-order chi connectivity index (χ0) is 57.1. The van der Waals surface area contributed by atoms with E-state index in [1.165, 1.54) is 55.3 Å². The fraction of sp³-hybridized carbons (Fsp3) is 0.358. The second kappa shape index (κ2) is 26.3. The number of carbonyl (C=O) groups excluding carboxylic acids is 5. The van der Waals surface area contributed by atoms with E-state index in [1.807, 2.05) is 30.3 Å². The lowest BCUT2D eigenvalue weighted by Crippen LogP contribution is -2.64. The smallest absolute Gasteiger partial charge is 0.484 e. The van der Waals surface area contributed by atoms with E-state index >= 15 is 0 Å². The lowest BCUT2D eigenvalue weighted by Gasteiger charge is -2.41. The number of nitrogens with two attached hydrogens (primary N) is 1. The van der Waals surface area contributed by atoms with E-state index in [4.69, 9.17) is 29.4 Å². The van der Waals surface area contributed by atoms with Crippen LogP contribution in [-0.2, 0) is 35.2 Å². The van der Waals surface area contributed by atoms with E-state index in [0.29, 0.717) is 22.8 Å². The predicted molar refractivity (Wildman–Crippen MR) is 287 cm³/mol. The van der Waals surface area contributed by atoms with Crippen molar-refractivity contribution in [2.24, 2.45) is 5.92 Å². The number of carbonyl (C=O) groups is 5. The molecule has 2 aliphatic heterocycles. The molecule has 0 saturated carbocycles. The highest BCUT2D eigenvalue weighted by molar-refractivity contribution is 8.76. The van der Waals surface area contributed by atoms with Crippen molar-refractivity contribution in [3.63, 3.8) is 0 Å². The molecular formula is C53H54F2N10O13S2. The number of alkyl halides is 2. The van der Waals surface area contributed by atoms with Crippen molar-refractivity contribution in [3.05, 3.63) is 103 Å². The van der Waals surface area contributed by atoms with Gasteiger partial charge < -0.3 is 65.6 Å². The number of nitrogens with zero attached hydrogens (tertiary/aromatic N) is 6. The van der Waals surface area contributed by atoms with E-state index in [2.05, 4.69) is 35.9 Å². The number of aliphatic hydroxyl groups excluding tert-OH is 3. The Balaban J connectivity index is 0.827. The number of pyridine rings is 4. The van der Waals surface area contributed by atoms with Gasteiger partial charge in [0.2, 0.25) is 17.7 Å². The molecule has 0 aliphatic carbocycles. The van der Waals surface area contributed by atoms with Crippen LogP contribution in [0.1, 0.15) is 29.4 Å². The van der Waals surface area contributed by atoms with Crippen LogP contribution in [0.4, 0.5) is 19.3 Å². The van der Waals surface area contributed by atoms with Gasteiger partial charge in [-0.05, 0) is 65.7 Å². The fourth-order valence-electron chi connectivity index (χ4n) is 8.78. The highest BCUT2D eigenvalue weighted by atomic mass is 33.1. The molecule has 80 heavy (non-hydrogen) atoms. The summed E-state index contributed by atoms with van der Waals surface area (Å²) in [6, 6.07) is 16.7. The van der Waals surface area contributed by atoms with Crippen LogP contribution in [0.15, 0.2) is 91.5 Å². The number of rotatable bonds is 21. The van der Waals surface area contributed by atoms with Crippen molar-refractivity contribution < 1.29 is 71.8 Å². The molecule has 6 aromatic rings. The average molecular weight is 1140 g/mol. The van der Waals surface area contributed by atoms with Gasteiger partial charge in [0.15, 0.2) is 12.9 Å². The SMILES string of the molecule is COc1ncc(-c2ccc3nccc(-c4ccc(COC(=O)OCCSSCC(NC(=O)COc5ccc6nccc(C(=O)NCC(=O)N7CC(F)(F)C[C@H]7C#N)c6c5)C(=O)N[C@@H]5[C@@H](O)[C@H](C)C(O)O[C@H]5CO)nc4)c3c2)cc1N. The molecule has 2 unspecified atom stereocenters. The van der Waals surface area contributed by atoms with Crippen LogP contribution in [0.5, 0.6) is 11.6 Å². The van der Waals surface area contributed by atoms with Crippen molar-refractivity contribution in [1.29, 1.82) is 5.26 Å². The quantitative estimate of drug-likeness (QED) is 0.0306. The Kier molecular flexibility index (Phi) is 19.1. The van der Waals surface area contributed by atoms with Gasteiger partial charge >= 0.3 is 6.16 Å². The van der Waals surface area contributed by atoms with Gasteiger partial charge in [0, 0.05) is 70.5 Å². The number of hydrogen-bond donors (Lipinski definition) is 7. The summed E-state index contributed by atoms with van der Waals surface area (Å²) < 4.78 is 54.8. The minimum Gasteiger partial charge on any atom is -0.484 e. The summed E-state index contributed by atoms with van der Waals surface area (Å²) in [4.78, 5) is 84.0. The normalized spacial score (nSPS) is 19.8. The molecule has 6 heterocycles. The Morgan fingerprint density at radius 2 is 1.69 bits per heavy atom. The topological polar surface area (TPSA) is 333 Å². The number of nitrogen functional groups attached to an aromatic ring is 1. The second-order valence-corrected chi connectivity index (χ2v) is 21.1. The van der Waals surface area contributed by atoms with Crippen LogP contribution in [0, 0.1) is 17.2 Å². The molecular weight excluding hydrogens is 1090 g/mol. The number of ether oxygens (including phenoxy) is 5. The minimum absolute atomic E-state index is 0.0363. The molecule has 27 heteroatoms. The number of nitriles is 1. The molecule has 4 aromatic heterocycles. The number of anilines is 1. The first-order valence-corrected chi connectivity index (χ1v) is 27.2. The van der Waals surface area contributed by atoms with Crippen molar-refractivity contribution in [3.8, 4) is 40.0 Å². The number of aliphatic hydroxyl groups is 3. The third kappa shape index (κ3) is 14.2. The van der Waals surface area contributed by atoms with Crippen molar-refractivity contribution in [1.82, 2.24) is 40.8 Å². The van der Waals surface area contributed by atoms with Crippen molar-refractivity contribution in [2.75, 3.05) is 57.3 Å². The first-order chi connectivity index (χ1) is 38.4. The third-order valence-corrected chi connectivity index (χ3v) is 15.4. The number of aromatic nitrogens is 4. The number of methoxy groups -OCH3 is 1. The Morgan fingerprint density at radius 3 is 2.42 bits per heavy atom. The number of amides is 4. The van der Waals surface area contributed by atoms with Gasteiger partial charge in [-0.1, -0.05) is 40.6 Å². The standard InChI is InChI=1S/C53H54F2N10O13S2/c1-28-47(69)46(43(23-66)78-51(28)72)64-49(71)42(63-44(67)25-76-34-6-8-41-38(17-34)36(10-12-59-41)48(70)61-22-45(68)65-27-53(54,55)18-33(65)19-56)26-80-79-14-13-75-52(73)77-24-32-5-3-30(20-60-32)35-9-11-58-40-7-4-29(15-37(35)40)31-16-39(57)50(74-2)62-21-31/h3-12,15-17,20-21,28,33,42-43,46-47,51,66,69,72H,13-14,18,22-27,57H2,1-2H3,(H,61,70)(H,63,67)(H,64,71)/t28-,33-,42?,43-,46-,47-,51?/m0/s1. The maximum atomic E-state index is 13.9. The minimum atomic E-state index is -3.24. The Morgan fingerprint density at radius 1 is 0.938 bits per heavy atom. The molecule has 23 nitrogen and oxygen atoms in total. The molecule has 2 aromatic carbocycles. The van der Waals surface area contributed by atoms with E-state index < -0.39 is 111 Å². The molecule has 420 valence electrons. The Hall–Kier alpha value is -8.00. The van der Waals surface area contributed by atoms with Crippen LogP contribution >= 0.6 is 21.6 Å². The zero-order valence-corrected chi connectivity index (χ0v) is 44.5. The van der Waals surface area contributed by atoms with Crippen LogP contribution in [0.2, 0.25) is 0 Å². The van der Waals surface area contributed by atoms with Gasteiger partial charge in [-0.25, -0.2) is 18.6 Å². The number of hydrogen-bond acceptors (Lipinski definition) is 21. The van der Waals surface area contributed by atoms with E-state index in [-0.39, 0.29) is 41.4 Å². The van der Waals surface area contributed by atoms with Crippen LogP contribution in [0.3, 0.4) is 0 Å². The molecule has 8 rings (SSSR count). The lowest BCUT2D eigenvalue weighted by molar-refractivity contribution is -0.238. The van der Waals surface area contributed by atoms with Gasteiger partial charge in [-0.2, -0.15) is 5.26 Å². The summed E-state index contributed by atoms with van der Waals surface area (Å²) >= 11 is 0. The molecule has 2 aliphatic rings. The predicted octanol–water partition coefficient (Wildman–Crippen LogP) is 3.78. The lowest BCUT2D eigenvalue weighted by atomic mass is 9.90. The Labute approximate surface area is 463 Å². The van der Waals surface area contributed by atoms with Gasteiger partial charge in [0.05, 0.1) is 73.0 Å². The highest BCUT2D eigenvalue weighted by Gasteiger charge is 2.47. The number of benzene rings is 2. The Bertz CT molecular complexity index is 3290. The van der Waals surface area contributed by atoms with Crippen molar-refractivity contribution >= 4 is 78.9 Å². The first kappa shape index (κ1) is 58.2. The van der Waals surface area contributed by atoms with Gasteiger partial charge in [-0.3, -0.25) is 34.1 Å². The number of nitrogens with one attached hydrogen (secondary N) is 3. The molecule has 2 fully saturated rings. The molecule has 0 bridgehead atoms. The molecule has 0 spiro atoms. The largest absolute Gasteiger partial charge is 0.508 e. The average Bonchev–Trinajstić information content (AvgIpc) is 3.79. The molecule has 4 amide bonds. The van der Waals surface area contributed by atoms with Crippen LogP contribution in [-0.4, -0.2) is 164 Å². The number of fused-ring (bicyclic) bond motifs is 2. The highest BCUT2D eigenvalue weighted by Crippen LogP contribution is 2.34. The summed E-state index contributed by atoms with van der Waals surface area (Å²) in [5, 5.41) is 49.1. The summed E-state index contributed by atoms with van der Waals surface area (Å²) in [5.41, 5.74) is 11.4. The van der Waals surface area contributed by atoms with E-state index in [0.717, 1.165) is 48.9 Å². The van der Waals surface area contributed by atoms with Crippen LogP contribution < -0.4 is 31.2 Å². The van der Waals surface area contributed by atoms with Crippen LogP contribution in [0.25, 0.3) is 44.1 Å². The zero-order valence-electron chi connectivity index (χ0n) is 42.8. The van der Waals surface area contributed by atoms with Gasteiger partial charge in [0.25, 0.3) is 17.7 Å². The maximum absolute atomic E-state index is 13.9. The summed E-state index contributed by atoms with van der Waals surface area (Å²) in [7, 11) is 3.85. The molecule has 0 radical (unpaired) electrons. The number of likely N-dealkylation sites (tertiary alicyclic amines) is 1. The van der Waals surface area contributed by atoms with E-state index in [1.54, 1.807) is 36.8 Å². The maximum Gasteiger partial charge on any atom is 0.508 e. The second-order valence-electron chi connectivity index (χ2n) is 18.4. The molecule has 8 N–H and O–H groups in total. The molecule has 7 atom stereocenters. The fourth-order valence-corrected chi connectivity index (χ4v) is 10.8. The summed E-state index contributed by atoms with van der Waals surface area (Å²) in [5.74, 6) is -6.66. The first-order valence-electron chi connectivity index (χ1n) is 24.7. The summed E-state index contributed by atoms with van der Waals surface area (Å²) in [6.07, 6.45) is 0.681. The number of halogens is 2. The van der Waals surface area contributed by atoms with Gasteiger partial charge in [-0.15, -0.1) is 0 Å². The molecule has 2 saturated heterocycles.